The first-order valence-electron chi connectivity index (χ1n) is 6.18. The molecule has 1 aromatic rings. The van der Waals surface area contributed by atoms with Crippen LogP contribution in [0.3, 0.4) is 0 Å². The van der Waals surface area contributed by atoms with Crippen molar-refractivity contribution in [1.82, 2.24) is 0 Å². The van der Waals surface area contributed by atoms with Gasteiger partial charge in [0.25, 0.3) is 0 Å². The average molecular weight is 230 g/mol. The van der Waals surface area contributed by atoms with E-state index in [0.717, 1.165) is 18.6 Å². The van der Waals surface area contributed by atoms with Gasteiger partial charge in [-0.3, -0.25) is 0 Å². The van der Waals surface area contributed by atoms with Crippen LogP contribution < -0.4 is 4.74 Å². The van der Waals surface area contributed by atoms with E-state index in [0.29, 0.717) is 12.5 Å². The zero-order valence-corrected chi connectivity index (χ0v) is 10.9. The van der Waals surface area contributed by atoms with Gasteiger partial charge in [0, 0.05) is 0 Å². The van der Waals surface area contributed by atoms with Gasteiger partial charge in [-0.15, -0.1) is 6.58 Å². The van der Waals surface area contributed by atoms with Gasteiger partial charge in [-0.2, -0.15) is 0 Å². The van der Waals surface area contributed by atoms with Crippen LogP contribution in [0.5, 0.6) is 5.75 Å². The van der Waals surface area contributed by atoms with Gasteiger partial charge in [-0.1, -0.05) is 36.8 Å². The molecule has 0 saturated heterocycles. The molecule has 1 unspecified atom stereocenters. The zero-order chi connectivity index (χ0) is 12.5. The van der Waals surface area contributed by atoms with Crippen molar-refractivity contribution in [3.05, 3.63) is 54.6 Å². The number of hydrogen-bond acceptors (Lipinski definition) is 1. The van der Waals surface area contributed by atoms with Gasteiger partial charge < -0.3 is 4.74 Å². The molecule has 0 bridgehead atoms. The van der Waals surface area contributed by atoms with Crippen molar-refractivity contribution in [3.63, 3.8) is 0 Å². The smallest absolute Gasteiger partial charge is 0.119 e. The highest BCUT2D eigenvalue weighted by molar-refractivity contribution is 5.21. The fourth-order valence-corrected chi connectivity index (χ4v) is 1.47. The standard InChI is InChI=1S/C16H22O/c1-4-14(2)10-11-15(3)12-13-17-16-8-6-5-7-9-16/h4-9,12,14H,1,10-11,13H2,2-3H3/b15-12+. The fourth-order valence-electron chi connectivity index (χ4n) is 1.47. The van der Waals surface area contributed by atoms with Gasteiger partial charge in [-0.25, -0.2) is 0 Å². The van der Waals surface area contributed by atoms with Crippen LogP contribution in [-0.2, 0) is 0 Å². The molecule has 0 spiro atoms. The van der Waals surface area contributed by atoms with Gasteiger partial charge in [-0.05, 0) is 43.9 Å². The summed E-state index contributed by atoms with van der Waals surface area (Å²) in [6.07, 6.45) is 6.44. The average Bonchev–Trinajstić information content (AvgIpc) is 2.37. The van der Waals surface area contributed by atoms with Crippen LogP contribution >= 0.6 is 0 Å². The molecule has 0 aliphatic carbocycles. The van der Waals surface area contributed by atoms with E-state index in [9.17, 15) is 0 Å². The molecule has 0 radical (unpaired) electrons. The summed E-state index contributed by atoms with van der Waals surface area (Å²) >= 11 is 0. The molecule has 0 amide bonds. The SMILES string of the molecule is C=CC(C)CC/C(C)=C/COc1ccccc1. The molecule has 1 rings (SSSR count). The second-order valence-corrected chi connectivity index (χ2v) is 4.43. The Morgan fingerprint density at radius 3 is 2.71 bits per heavy atom. The maximum Gasteiger partial charge on any atom is 0.119 e. The summed E-state index contributed by atoms with van der Waals surface area (Å²) in [5, 5.41) is 0. The molecule has 0 aliphatic rings. The van der Waals surface area contributed by atoms with Gasteiger partial charge in [0.05, 0.1) is 0 Å². The first-order valence-corrected chi connectivity index (χ1v) is 6.18. The Balaban J connectivity index is 2.26. The molecule has 17 heavy (non-hydrogen) atoms. The summed E-state index contributed by atoms with van der Waals surface area (Å²) in [6, 6.07) is 9.91. The van der Waals surface area contributed by atoms with Crippen LogP contribution in [0.15, 0.2) is 54.6 Å². The third-order valence-electron chi connectivity index (χ3n) is 2.82. The lowest BCUT2D eigenvalue weighted by molar-refractivity contribution is 0.361. The minimum atomic E-state index is 0.591. The second kappa shape index (κ2) is 7.72. The summed E-state index contributed by atoms with van der Waals surface area (Å²) in [7, 11) is 0. The lowest BCUT2D eigenvalue weighted by atomic mass is 10.0. The molecule has 92 valence electrons. The largest absolute Gasteiger partial charge is 0.490 e. The Hall–Kier alpha value is -1.50. The lowest BCUT2D eigenvalue weighted by Crippen LogP contribution is -1.95. The Bertz CT molecular complexity index is 351. The summed E-state index contributed by atoms with van der Waals surface area (Å²) < 4.78 is 5.61. The van der Waals surface area contributed by atoms with Gasteiger partial charge >= 0.3 is 0 Å². The van der Waals surface area contributed by atoms with E-state index in [1.165, 1.54) is 5.57 Å². The van der Waals surface area contributed by atoms with E-state index < -0.39 is 0 Å². The predicted molar refractivity (Wildman–Crippen MR) is 74.3 cm³/mol. The van der Waals surface area contributed by atoms with E-state index in [-0.39, 0.29) is 0 Å². The summed E-state index contributed by atoms with van der Waals surface area (Å²) in [5.41, 5.74) is 1.38. The Labute approximate surface area is 105 Å². The van der Waals surface area contributed by atoms with Crippen molar-refractivity contribution in [2.24, 2.45) is 5.92 Å². The topological polar surface area (TPSA) is 9.23 Å². The number of benzene rings is 1. The third-order valence-corrected chi connectivity index (χ3v) is 2.82. The molecule has 0 N–H and O–H groups in total. The van der Waals surface area contributed by atoms with Crippen LogP contribution in [0, 0.1) is 5.92 Å². The number of para-hydroxylation sites is 1. The van der Waals surface area contributed by atoms with E-state index in [1.807, 2.05) is 36.4 Å². The number of ether oxygens (including phenoxy) is 1. The number of allylic oxidation sites excluding steroid dienone is 2. The Kier molecular flexibility index (Phi) is 6.16. The van der Waals surface area contributed by atoms with E-state index in [1.54, 1.807) is 0 Å². The molecule has 1 heteroatoms. The van der Waals surface area contributed by atoms with Gasteiger partial charge in [0.15, 0.2) is 0 Å². The highest BCUT2D eigenvalue weighted by atomic mass is 16.5. The van der Waals surface area contributed by atoms with E-state index in [2.05, 4.69) is 26.5 Å². The first kappa shape index (κ1) is 13.6. The van der Waals surface area contributed by atoms with E-state index in [4.69, 9.17) is 4.74 Å². The Morgan fingerprint density at radius 1 is 1.35 bits per heavy atom. The molecule has 0 aliphatic heterocycles. The first-order chi connectivity index (χ1) is 8.22. The van der Waals surface area contributed by atoms with Gasteiger partial charge in [0.1, 0.15) is 12.4 Å². The highest BCUT2D eigenvalue weighted by Crippen LogP contribution is 2.13. The van der Waals surface area contributed by atoms with Crippen molar-refractivity contribution in [3.8, 4) is 5.75 Å². The van der Waals surface area contributed by atoms with Crippen LogP contribution in [0.25, 0.3) is 0 Å². The molecule has 1 aromatic carbocycles. The van der Waals surface area contributed by atoms with E-state index >= 15 is 0 Å². The zero-order valence-electron chi connectivity index (χ0n) is 10.9. The van der Waals surface area contributed by atoms with Crippen molar-refractivity contribution < 1.29 is 4.74 Å². The molecule has 0 heterocycles. The summed E-state index contributed by atoms with van der Waals surface area (Å²) in [4.78, 5) is 0. The van der Waals surface area contributed by atoms with Gasteiger partial charge in [0.2, 0.25) is 0 Å². The molecular formula is C16H22O. The lowest BCUT2D eigenvalue weighted by Gasteiger charge is -2.07. The minimum absolute atomic E-state index is 0.591. The molecule has 0 aromatic heterocycles. The second-order valence-electron chi connectivity index (χ2n) is 4.43. The highest BCUT2D eigenvalue weighted by Gasteiger charge is 1.97. The normalized spacial score (nSPS) is 13.2. The minimum Gasteiger partial charge on any atom is -0.490 e. The number of hydrogen-bond donors (Lipinski definition) is 0. The third kappa shape index (κ3) is 5.96. The maximum atomic E-state index is 5.61. The van der Waals surface area contributed by atoms with Crippen LogP contribution in [0.4, 0.5) is 0 Å². The van der Waals surface area contributed by atoms with Crippen molar-refractivity contribution >= 4 is 0 Å². The van der Waals surface area contributed by atoms with Crippen LogP contribution in [0.1, 0.15) is 26.7 Å². The molecule has 0 fully saturated rings. The molecule has 1 atom stereocenters. The summed E-state index contributed by atoms with van der Waals surface area (Å²) in [5.74, 6) is 1.52. The predicted octanol–water partition coefficient (Wildman–Crippen LogP) is 4.61. The summed E-state index contributed by atoms with van der Waals surface area (Å²) in [6.45, 7) is 8.80. The molecule has 0 saturated carbocycles. The van der Waals surface area contributed by atoms with Crippen molar-refractivity contribution in [1.29, 1.82) is 0 Å². The quantitative estimate of drug-likeness (QED) is 0.621. The van der Waals surface area contributed by atoms with Crippen LogP contribution in [0.2, 0.25) is 0 Å². The van der Waals surface area contributed by atoms with Crippen LogP contribution in [-0.4, -0.2) is 6.61 Å². The number of rotatable bonds is 7. The molecular weight excluding hydrogens is 208 g/mol. The van der Waals surface area contributed by atoms with Crippen molar-refractivity contribution in [2.75, 3.05) is 6.61 Å². The Morgan fingerprint density at radius 2 is 2.06 bits per heavy atom. The molecule has 1 nitrogen and oxygen atoms in total. The van der Waals surface area contributed by atoms with Crippen molar-refractivity contribution in [2.45, 2.75) is 26.7 Å². The fraction of sp³-hybridized carbons (Fsp3) is 0.375. The monoisotopic (exact) mass is 230 g/mol. The maximum absolute atomic E-state index is 5.61.